The van der Waals surface area contributed by atoms with Crippen molar-refractivity contribution in [2.45, 2.75) is 45.9 Å². The highest BCUT2D eigenvalue weighted by molar-refractivity contribution is 5.83. The second-order valence-corrected chi connectivity index (χ2v) is 6.60. The van der Waals surface area contributed by atoms with Gasteiger partial charge in [0.25, 0.3) is 0 Å². The Morgan fingerprint density at radius 2 is 1.77 bits per heavy atom. The fraction of sp³-hybridized carbons (Fsp3) is 0.429. The molecule has 1 aromatic carbocycles. The van der Waals surface area contributed by atoms with Gasteiger partial charge in [-0.2, -0.15) is 0 Å². The predicted molar refractivity (Wildman–Crippen MR) is 104 cm³/mol. The fourth-order valence-corrected chi connectivity index (χ4v) is 3.16. The fourth-order valence-electron chi connectivity index (χ4n) is 3.16. The number of nitrogens with one attached hydrogen (secondary N) is 1. The average molecular weight is 355 g/mol. The van der Waals surface area contributed by atoms with Crippen LogP contribution >= 0.6 is 0 Å². The summed E-state index contributed by atoms with van der Waals surface area (Å²) in [6.45, 7) is 4.12. The zero-order chi connectivity index (χ0) is 17.6. The summed E-state index contributed by atoms with van der Waals surface area (Å²) < 4.78 is 0. The molecule has 0 aliphatic carbocycles. The van der Waals surface area contributed by atoms with E-state index in [1.165, 1.54) is 5.56 Å². The Hall–Kier alpha value is -2.24. The molecule has 26 heavy (non-hydrogen) atoms. The van der Waals surface area contributed by atoms with Crippen LogP contribution in [-0.2, 0) is 11.3 Å². The normalized spacial score (nSPS) is 16.0. The molecule has 3 rings (SSSR count). The van der Waals surface area contributed by atoms with Gasteiger partial charge in [0.1, 0.15) is 12.1 Å². The van der Waals surface area contributed by atoms with Crippen molar-refractivity contribution in [2.75, 3.05) is 13.1 Å². The van der Waals surface area contributed by atoms with Crippen molar-refractivity contribution in [1.29, 1.82) is 0 Å². The summed E-state index contributed by atoms with van der Waals surface area (Å²) in [6, 6.07) is 11.0. The predicted octanol–water partition coefficient (Wildman–Crippen LogP) is 2.84. The molecule has 2 N–H and O–H groups in total. The molecule has 1 saturated heterocycles. The quantitative estimate of drug-likeness (QED) is 0.836. The number of aromatic nitrogens is 1. The molecule has 5 heteroatoms. The Bertz CT molecular complexity index is 682. The second kappa shape index (κ2) is 9.46. The summed E-state index contributed by atoms with van der Waals surface area (Å²) in [4.78, 5) is 18.8. The number of aryl methyl sites for hydroxylation is 1. The number of amides is 1. The first-order valence-electron chi connectivity index (χ1n) is 8.81. The minimum Gasteiger partial charge on any atom is -0.386 e. The standard InChI is InChI=1S/C20H25N3O2.CH4/c1-15-4-6-16(7-5-15)14-22-18(20(25)23-12-2-3-13-23)19(24)17-8-10-21-11-9-17;/h4-11,18-19,22,24H,2-3,12-14H2,1H3;1H4/t18-,19+;/m1./s1. The molecule has 1 fully saturated rings. The number of aliphatic hydroxyl groups is 1. The lowest BCUT2D eigenvalue weighted by atomic mass is 10.0. The van der Waals surface area contributed by atoms with Gasteiger partial charge in [0.15, 0.2) is 0 Å². The van der Waals surface area contributed by atoms with Crippen molar-refractivity contribution < 1.29 is 9.90 Å². The van der Waals surface area contributed by atoms with Gasteiger partial charge in [-0.25, -0.2) is 0 Å². The summed E-state index contributed by atoms with van der Waals surface area (Å²) in [5.41, 5.74) is 2.99. The third-order valence-corrected chi connectivity index (χ3v) is 4.69. The number of rotatable bonds is 6. The lowest BCUT2D eigenvalue weighted by molar-refractivity contribution is -0.135. The summed E-state index contributed by atoms with van der Waals surface area (Å²) in [6.07, 6.45) is 4.43. The molecule has 2 heterocycles. The van der Waals surface area contributed by atoms with Gasteiger partial charge in [-0.15, -0.1) is 0 Å². The van der Waals surface area contributed by atoms with E-state index in [0.29, 0.717) is 12.1 Å². The molecule has 0 bridgehead atoms. The lowest BCUT2D eigenvalue weighted by Crippen LogP contribution is -2.48. The van der Waals surface area contributed by atoms with Gasteiger partial charge in [0.05, 0.1) is 0 Å². The maximum Gasteiger partial charge on any atom is 0.242 e. The molecule has 2 aromatic rings. The SMILES string of the molecule is C.Cc1ccc(CN[C@@H](C(=O)N2CCCC2)[C@@H](O)c2ccncc2)cc1. The zero-order valence-corrected chi connectivity index (χ0v) is 14.6. The second-order valence-electron chi connectivity index (χ2n) is 6.60. The van der Waals surface area contributed by atoms with Crippen LogP contribution in [0.1, 0.15) is 43.1 Å². The van der Waals surface area contributed by atoms with Crippen molar-refractivity contribution in [3.05, 3.63) is 65.5 Å². The number of likely N-dealkylation sites (tertiary alicyclic amines) is 1. The molecule has 1 aliphatic rings. The number of nitrogens with zero attached hydrogens (tertiary/aromatic N) is 2. The molecule has 1 aromatic heterocycles. The Morgan fingerprint density at radius 1 is 1.15 bits per heavy atom. The number of hydrogen-bond acceptors (Lipinski definition) is 4. The van der Waals surface area contributed by atoms with Crippen molar-refractivity contribution in [3.63, 3.8) is 0 Å². The number of benzene rings is 1. The first kappa shape index (κ1) is 20.1. The zero-order valence-electron chi connectivity index (χ0n) is 14.6. The van der Waals surface area contributed by atoms with Crippen molar-refractivity contribution in [2.24, 2.45) is 0 Å². The summed E-state index contributed by atoms with van der Waals surface area (Å²) in [5.74, 6) is -0.0334. The van der Waals surface area contributed by atoms with Crippen LogP contribution in [0.4, 0.5) is 0 Å². The van der Waals surface area contributed by atoms with E-state index in [-0.39, 0.29) is 13.3 Å². The topological polar surface area (TPSA) is 65.5 Å². The number of hydrogen-bond donors (Lipinski definition) is 2. The van der Waals surface area contributed by atoms with Crippen LogP contribution in [0.2, 0.25) is 0 Å². The van der Waals surface area contributed by atoms with Gasteiger partial charge in [-0.05, 0) is 43.0 Å². The Morgan fingerprint density at radius 3 is 2.38 bits per heavy atom. The van der Waals surface area contributed by atoms with Crippen LogP contribution in [0, 0.1) is 6.92 Å². The number of aliphatic hydroxyl groups excluding tert-OH is 1. The number of carbonyl (C=O) groups is 1. The number of carbonyl (C=O) groups excluding carboxylic acids is 1. The third kappa shape index (κ3) is 4.90. The van der Waals surface area contributed by atoms with Crippen LogP contribution < -0.4 is 5.32 Å². The number of pyridine rings is 1. The van der Waals surface area contributed by atoms with Gasteiger partial charge >= 0.3 is 0 Å². The smallest absolute Gasteiger partial charge is 0.242 e. The van der Waals surface area contributed by atoms with E-state index >= 15 is 0 Å². The molecular formula is C21H29N3O2. The molecule has 1 amide bonds. The molecule has 0 saturated carbocycles. The van der Waals surface area contributed by atoms with Crippen LogP contribution in [0.25, 0.3) is 0 Å². The molecule has 140 valence electrons. The van der Waals surface area contributed by atoms with Gasteiger partial charge in [-0.1, -0.05) is 37.3 Å². The van der Waals surface area contributed by atoms with Crippen LogP contribution in [0.15, 0.2) is 48.8 Å². The highest BCUT2D eigenvalue weighted by Gasteiger charge is 2.32. The monoisotopic (exact) mass is 355 g/mol. The minimum absolute atomic E-state index is 0. The van der Waals surface area contributed by atoms with Gasteiger partial charge in [0.2, 0.25) is 5.91 Å². The van der Waals surface area contributed by atoms with Gasteiger partial charge < -0.3 is 10.0 Å². The van der Waals surface area contributed by atoms with E-state index in [2.05, 4.69) is 10.3 Å². The maximum absolute atomic E-state index is 12.9. The molecule has 0 unspecified atom stereocenters. The summed E-state index contributed by atoms with van der Waals surface area (Å²) in [7, 11) is 0. The van der Waals surface area contributed by atoms with E-state index in [9.17, 15) is 9.90 Å². The Labute approximate surface area is 156 Å². The van der Waals surface area contributed by atoms with E-state index in [1.54, 1.807) is 24.5 Å². The Balaban J connectivity index is 0.00000243. The first-order valence-corrected chi connectivity index (χ1v) is 8.81. The molecule has 5 nitrogen and oxygen atoms in total. The highest BCUT2D eigenvalue weighted by Crippen LogP contribution is 2.20. The van der Waals surface area contributed by atoms with Gasteiger partial charge in [0, 0.05) is 32.0 Å². The van der Waals surface area contributed by atoms with Crippen molar-refractivity contribution in [3.8, 4) is 0 Å². The van der Waals surface area contributed by atoms with E-state index in [4.69, 9.17) is 0 Å². The van der Waals surface area contributed by atoms with Crippen molar-refractivity contribution >= 4 is 5.91 Å². The minimum atomic E-state index is -0.901. The molecular weight excluding hydrogens is 326 g/mol. The molecule has 0 radical (unpaired) electrons. The lowest BCUT2D eigenvalue weighted by Gasteiger charge is -2.28. The molecule has 1 aliphatic heterocycles. The molecule has 2 atom stereocenters. The van der Waals surface area contributed by atoms with Gasteiger partial charge in [-0.3, -0.25) is 15.1 Å². The Kier molecular flexibility index (Phi) is 7.30. The third-order valence-electron chi connectivity index (χ3n) is 4.69. The van der Waals surface area contributed by atoms with E-state index in [1.807, 2.05) is 36.1 Å². The van der Waals surface area contributed by atoms with Crippen molar-refractivity contribution in [1.82, 2.24) is 15.2 Å². The van der Waals surface area contributed by atoms with E-state index in [0.717, 1.165) is 31.5 Å². The maximum atomic E-state index is 12.9. The first-order chi connectivity index (χ1) is 12.1. The van der Waals surface area contributed by atoms with E-state index < -0.39 is 12.1 Å². The van der Waals surface area contributed by atoms with Crippen LogP contribution in [0.5, 0.6) is 0 Å². The van der Waals surface area contributed by atoms with Crippen LogP contribution in [-0.4, -0.2) is 40.0 Å². The average Bonchev–Trinajstić information content (AvgIpc) is 3.18. The largest absolute Gasteiger partial charge is 0.386 e. The van der Waals surface area contributed by atoms with Crippen LogP contribution in [0.3, 0.4) is 0 Å². The summed E-state index contributed by atoms with van der Waals surface area (Å²) in [5, 5.41) is 14.1. The highest BCUT2D eigenvalue weighted by atomic mass is 16.3. The summed E-state index contributed by atoms with van der Waals surface area (Å²) >= 11 is 0. The molecule has 0 spiro atoms.